The van der Waals surface area contributed by atoms with Crippen molar-refractivity contribution in [1.29, 1.82) is 0 Å². The monoisotopic (exact) mass is 395 g/mol. The summed E-state index contributed by atoms with van der Waals surface area (Å²) in [7, 11) is 0. The van der Waals surface area contributed by atoms with Crippen LogP contribution in [0.3, 0.4) is 0 Å². The number of amides is 2. The van der Waals surface area contributed by atoms with E-state index in [-0.39, 0.29) is 11.4 Å². The van der Waals surface area contributed by atoms with E-state index in [1.165, 1.54) is 0 Å². The molecule has 2 amide bonds. The number of nitrogens with zero attached hydrogens (tertiary/aromatic N) is 1. The molecule has 6 heteroatoms. The van der Waals surface area contributed by atoms with Crippen molar-refractivity contribution in [2.45, 2.75) is 26.2 Å². The summed E-state index contributed by atoms with van der Waals surface area (Å²) in [6, 6.07) is 17.7. The van der Waals surface area contributed by atoms with E-state index in [9.17, 15) is 4.79 Å². The second kappa shape index (κ2) is 8.31. The van der Waals surface area contributed by atoms with Gasteiger partial charge in [0.05, 0.1) is 0 Å². The molecule has 0 radical (unpaired) electrons. The van der Waals surface area contributed by atoms with Crippen LogP contribution in [0, 0.1) is 0 Å². The van der Waals surface area contributed by atoms with E-state index in [0.29, 0.717) is 28.0 Å². The molecule has 2 aromatic carbocycles. The number of urea groups is 1. The molecule has 1 heterocycles. The third-order valence-electron chi connectivity index (χ3n) is 4.01. The van der Waals surface area contributed by atoms with Crippen molar-refractivity contribution in [3.63, 3.8) is 0 Å². The lowest BCUT2D eigenvalue weighted by atomic mass is 9.88. The van der Waals surface area contributed by atoms with Gasteiger partial charge in [-0.15, -0.1) is 0 Å². The zero-order valence-corrected chi connectivity index (χ0v) is 16.7. The van der Waals surface area contributed by atoms with E-state index in [4.69, 9.17) is 16.3 Å². The molecule has 2 N–H and O–H groups in total. The number of benzene rings is 2. The lowest BCUT2D eigenvalue weighted by Gasteiger charge is -2.19. The van der Waals surface area contributed by atoms with Crippen LogP contribution in [0.15, 0.2) is 66.9 Å². The molecule has 3 aromatic rings. The van der Waals surface area contributed by atoms with Gasteiger partial charge in [-0.25, -0.2) is 9.78 Å². The minimum absolute atomic E-state index is 0.0246. The van der Waals surface area contributed by atoms with Crippen LogP contribution < -0.4 is 15.4 Å². The molecule has 0 fully saturated rings. The van der Waals surface area contributed by atoms with E-state index < -0.39 is 0 Å². The fourth-order valence-corrected chi connectivity index (χ4v) is 2.65. The summed E-state index contributed by atoms with van der Waals surface area (Å²) in [5.74, 6) is 1.76. The molecule has 0 atom stereocenters. The summed E-state index contributed by atoms with van der Waals surface area (Å²) in [5, 5.41) is 6.20. The molecule has 3 rings (SSSR count). The SMILES string of the molecule is CC(C)(C)c1ccnc(NC(=O)Nc2cccc(Oc3ccc(Cl)cc3)c2)c1. The van der Waals surface area contributed by atoms with Gasteiger partial charge < -0.3 is 10.1 Å². The first-order chi connectivity index (χ1) is 13.3. The number of rotatable bonds is 4. The summed E-state index contributed by atoms with van der Waals surface area (Å²) in [6.45, 7) is 6.33. The first-order valence-electron chi connectivity index (χ1n) is 8.88. The molecule has 0 saturated carbocycles. The zero-order chi connectivity index (χ0) is 20.1. The lowest BCUT2D eigenvalue weighted by molar-refractivity contribution is 0.262. The predicted octanol–water partition coefficient (Wildman–Crippen LogP) is 6.47. The average Bonchev–Trinajstić information content (AvgIpc) is 2.63. The molecular formula is C22H22ClN3O2. The van der Waals surface area contributed by atoms with Crippen LogP contribution in [-0.4, -0.2) is 11.0 Å². The normalized spacial score (nSPS) is 11.0. The Morgan fingerprint density at radius 2 is 1.71 bits per heavy atom. The van der Waals surface area contributed by atoms with Gasteiger partial charge in [0.2, 0.25) is 0 Å². The molecule has 0 aliphatic heterocycles. The minimum atomic E-state index is -0.373. The van der Waals surface area contributed by atoms with Gasteiger partial charge in [-0.1, -0.05) is 38.4 Å². The summed E-state index contributed by atoms with van der Waals surface area (Å²) < 4.78 is 5.78. The number of carbonyl (C=O) groups excluding carboxylic acids is 1. The Labute approximate surface area is 169 Å². The van der Waals surface area contributed by atoms with Gasteiger partial charge in [-0.05, 0) is 59.5 Å². The second-order valence-corrected chi connectivity index (χ2v) is 7.78. The van der Waals surface area contributed by atoms with Crippen molar-refractivity contribution in [3.8, 4) is 11.5 Å². The molecule has 5 nitrogen and oxygen atoms in total. The van der Waals surface area contributed by atoms with Crippen molar-refractivity contribution in [2.24, 2.45) is 0 Å². The van der Waals surface area contributed by atoms with Gasteiger partial charge in [0.1, 0.15) is 17.3 Å². The molecule has 0 saturated heterocycles. The Bertz CT molecular complexity index is 966. The largest absolute Gasteiger partial charge is 0.457 e. The number of carbonyl (C=O) groups is 1. The van der Waals surface area contributed by atoms with Gasteiger partial charge in [-0.3, -0.25) is 5.32 Å². The molecule has 0 unspecified atom stereocenters. The Balaban J connectivity index is 1.65. The van der Waals surface area contributed by atoms with Gasteiger partial charge >= 0.3 is 6.03 Å². The highest BCUT2D eigenvalue weighted by molar-refractivity contribution is 6.30. The fraction of sp³-hybridized carbons (Fsp3) is 0.182. The van der Waals surface area contributed by atoms with Crippen LogP contribution in [0.25, 0.3) is 0 Å². The molecule has 0 bridgehead atoms. The number of ether oxygens (including phenoxy) is 1. The topological polar surface area (TPSA) is 63.2 Å². The second-order valence-electron chi connectivity index (χ2n) is 7.34. The number of nitrogens with one attached hydrogen (secondary N) is 2. The Hall–Kier alpha value is -3.05. The van der Waals surface area contributed by atoms with Crippen LogP contribution in [0.1, 0.15) is 26.3 Å². The molecule has 28 heavy (non-hydrogen) atoms. The molecular weight excluding hydrogens is 374 g/mol. The highest BCUT2D eigenvalue weighted by Gasteiger charge is 2.15. The molecule has 144 valence electrons. The maximum absolute atomic E-state index is 12.3. The number of hydrogen-bond donors (Lipinski definition) is 2. The fourth-order valence-electron chi connectivity index (χ4n) is 2.52. The Morgan fingerprint density at radius 3 is 2.43 bits per heavy atom. The van der Waals surface area contributed by atoms with Crippen LogP contribution in [0.2, 0.25) is 5.02 Å². The number of hydrogen-bond acceptors (Lipinski definition) is 3. The third kappa shape index (κ3) is 5.47. The van der Waals surface area contributed by atoms with Crippen LogP contribution in [0.5, 0.6) is 11.5 Å². The summed E-state index contributed by atoms with van der Waals surface area (Å²) in [6.07, 6.45) is 1.69. The van der Waals surface area contributed by atoms with E-state index in [1.807, 2.05) is 18.2 Å². The van der Waals surface area contributed by atoms with E-state index in [2.05, 4.69) is 36.4 Å². The van der Waals surface area contributed by atoms with E-state index in [1.54, 1.807) is 48.7 Å². The first-order valence-corrected chi connectivity index (χ1v) is 9.25. The number of halogens is 1. The highest BCUT2D eigenvalue weighted by Crippen LogP contribution is 2.26. The summed E-state index contributed by atoms with van der Waals surface area (Å²) in [5.41, 5.74) is 1.68. The molecule has 0 aliphatic carbocycles. The van der Waals surface area contributed by atoms with Crippen LogP contribution in [-0.2, 0) is 5.41 Å². The Morgan fingerprint density at radius 1 is 0.964 bits per heavy atom. The number of anilines is 2. The molecule has 0 aliphatic rings. The maximum atomic E-state index is 12.3. The standard InChI is InChI=1S/C22H22ClN3O2/c1-22(2,3)15-11-12-24-20(13-15)26-21(27)25-17-5-4-6-19(14-17)28-18-9-7-16(23)8-10-18/h4-14H,1-3H3,(H2,24,25,26,27). The van der Waals surface area contributed by atoms with Crippen molar-refractivity contribution in [1.82, 2.24) is 4.98 Å². The maximum Gasteiger partial charge on any atom is 0.324 e. The summed E-state index contributed by atoms with van der Waals surface area (Å²) >= 11 is 5.88. The average molecular weight is 396 g/mol. The zero-order valence-electron chi connectivity index (χ0n) is 16.0. The van der Waals surface area contributed by atoms with Crippen molar-refractivity contribution in [3.05, 3.63) is 77.4 Å². The van der Waals surface area contributed by atoms with E-state index in [0.717, 1.165) is 5.56 Å². The van der Waals surface area contributed by atoms with Crippen molar-refractivity contribution >= 4 is 29.1 Å². The van der Waals surface area contributed by atoms with Gasteiger partial charge in [-0.2, -0.15) is 0 Å². The van der Waals surface area contributed by atoms with Crippen molar-refractivity contribution in [2.75, 3.05) is 10.6 Å². The quantitative estimate of drug-likeness (QED) is 0.532. The third-order valence-corrected chi connectivity index (χ3v) is 4.26. The predicted molar refractivity (Wildman–Crippen MR) is 114 cm³/mol. The smallest absolute Gasteiger partial charge is 0.324 e. The van der Waals surface area contributed by atoms with Crippen LogP contribution >= 0.6 is 11.6 Å². The van der Waals surface area contributed by atoms with Gasteiger partial charge in [0.25, 0.3) is 0 Å². The lowest BCUT2D eigenvalue weighted by Crippen LogP contribution is -2.21. The highest BCUT2D eigenvalue weighted by atomic mass is 35.5. The van der Waals surface area contributed by atoms with E-state index >= 15 is 0 Å². The number of aromatic nitrogens is 1. The first kappa shape index (κ1) is 19.7. The minimum Gasteiger partial charge on any atom is -0.457 e. The summed E-state index contributed by atoms with van der Waals surface area (Å²) in [4.78, 5) is 16.5. The molecule has 0 spiro atoms. The van der Waals surface area contributed by atoms with Gasteiger partial charge in [0, 0.05) is 23.0 Å². The molecule has 1 aromatic heterocycles. The van der Waals surface area contributed by atoms with Crippen LogP contribution in [0.4, 0.5) is 16.3 Å². The van der Waals surface area contributed by atoms with Crippen molar-refractivity contribution < 1.29 is 9.53 Å². The van der Waals surface area contributed by atoms with Gasteiger partial charge in [0.15, 0.2) is 0 Å². The Kier molecular flexibility index (Phi) is 5.85. The number of pyridine rings is 1.